The molecule has 0 aromatic carbocycles. The molecule has 4 nitrogen and oxygen atoms in total. The highest BCUT2D eigenvalue weighted by molar-refractivity contribution is 7.99. The smallest absolute Gasteiger partial charge is 0.160 e. The van der Waals surface area contributed by atoms with Gasteiger partial charge >= 0.3 is 0 Å². The van der Waals surface area contributed by atoms with Gasteiger partial charge in [0.15, 0.2) is 5.03 Å². The van der Waals surface area contributed by atoms with Crippen LogP contribution in [0.4, 0.5) is 0 Å². The van der Waals surface area contributed by atoms with Crippen molar-refractivity contribution in [2.45, 2.75) is 0 Å². The molecule has 1 rings (SSSR count). The molecule has 1 saturated heterocycles. The van der Waals surface area contributed by atoms with Crippen molar-refractivity contribution in [3.63, 3.8) is 0 Å². The summed E-state index contributed by atoms with van der Waals surface area (Å²) in [5.41, 5.74) is 0. The Bertz CT molecular complexity index is 113. The van der Waals surface area contributed by atoms with Crippen LogP contribution in [-0.4, -0.2) is 34.6 Å². The third kappa shape index (κ3) is 1.74. The molecule has 0 N–H and O–H groups in total. The van der Waals surface area contributed by atoms with Gasteiger partial charge in [-0.1, -0.05) is 0 Å². The molecule has 52 valence electrons. The van der Waals surface area contributed by atoms with Gasteiger partial charge in [0.05, 0.1) is 13.1 Å². The first-order valence-corrected chi connectivity index (χ1v) is 3.93. The van der Waals surface area contributed by atoms with Crippen molar-refractivity contribution in [2.75, 3.05) is 24.6 Å². The van der Waals surface area contributed by atoms with Crippen molar-refractivity contribution in [1.82, 2.24) is 5.01 Å². The maximum atomic E-state index is 10.1. The summed E-state index contributed by atoms with van der Waals surface area (Å²) >= 11 is 1.77. The molecule has 0 aromatic rings. The molecule has 1 heterocycles. The van der Waals surface area contributed by atoms with E-state index in [-0.39, 0.29) is 5.03 Å². The van der Waals surface area contributed by atoms with Crippen LogP contribution < -0.4 is 0 Å². The normalized spacial score (nSPS) is 19.8. The molecule has 0 spiro atoms. The molecule has 0 aliphatic carbocycles. The lowest BCUT2D eigenvalue weighted by molar-refractivity contribution is -0.654. The maximum Gasteiger partial charge on any atom is 0.160 e. The van der Waals surface area contributed by atoms with Crippen LogP contribution in [0.3, 0.4) is 0 Å². The summed E-state index contributed by atoms with van der Waals surface area (Å²) in [6.45, 7) is 1.19. The standard InChI is InChI=1S/C4H8N2O2S/c7-6(8)5-1-3-9-4-2-5/h1-4H2. The first-order valence-electron chi connectivity index (χ1n) is 2.77. The van der Waals surface area contributed by atoms with Crippen LogP contribution in [-0.2, 0) is 0 Å². The van der Waals surface area contributed by atoms with Gasteiger partial charge in [0.1, 0.15) is 0 Å². The van der Waals surface area contributed by atoms with Gasteiger partial charge in [0.25, 0.3) is 0 Å². The van der Waals surface area contributed by atoms with E-state index in [1.54, 1.807) is 11.8 Å². The fourth-order valence-electron chi connectivity index (χ4n) is 0.717. The lowest BCUT2D eigenvalue weighted by Gasteiger charge is -2.17. The summed E-state index contributed by atoms with van der Waals surface area (Å²) in [7, 11) is 0. The van der Waals surface area contributed by atoms with Gasteiger partial charge < -0.3 is 0 Å². The second kappa shape index (κ2) is 2.91. The zero-order valence-electron chi connectivity index (χ0n) is 4.95. The topological polar surface area (TPSA) is 46.4 Å². The number of hydrogen-bond acceptors (Lipinski definition) is 3. The fraction of sp³-hybridized carbons (Fsp3) is 1.00. The molecule has 1 aliphatic heterocycles. The summed E-state index contributed by atoms with van der Waals surface area (Å²) in [4.78, 5) is 10.1. The van der Waals surface area contributed by atoms with E-state index >= 15 is 0 Å². The van der Waals surface area contributed by atoms with Crippen LogP contribution >= 0.6 is 11.8 Å². The highest BCUT2D eigenvalue weighted by atomic mass is 32.2. The molecule has 9 heavy (non-hydrogen) atoms. The van der Waals surface area contributed by atoms with E-state index in [9.17, 15) is 10.1 Å². The van der Waals surface area contributed by atoms with Gasteiger partial charge in [-0.15, -0.1) is 5.01 Å². The highest BCUT2D eigenvalue weighted by Crippen LogP contribution is 2.07. The largest absolute Gasteiger partial charge is 0.235 e. The molecule has 0 radical (unpaired) electrons. The average molecular weight is 148 g/mol. The van der Waals surface area contributed by atoms with Crippen molar-refractivity contribution >= 4 is 11.8 Å². The van der Waals surface area contributed by atoms with Crippen molar-refractivity contribution in [1.29, 1.82) is 0 Å². The Kier molecular flexibility index (Phi) is 2.16. The second-order valence-corrected chi connectivity index (χ2v) is 3.03. The monoisotopic (exact) mass is 148 g/mol. The molecular formula is C4H8N2O2S. The Labute approximate surface area is 57.3 Å². The van der Waals surface area contributed by atoms with E-state index in [0.717, 1.165) is 11.5 Å². The molecule has 5 heteroatoms. The number of nitrogens with zero attached hydrogens (tertiary/aromatic N) is 2. The lowest BCUT2D eigenvalue weighted by atomic mass is 10.6. The Balaban J connectivity index is 2.31. The van der Waals surface area contributed by atoms with Crippen LogP contribution in [0.15, 0.2) is 0 Å². The Hall–Kier alpha value is -0.450. The summed E-state index contributed by atoms with van der Waals surface area (Å²) < 4.78 is 0. The zero-order chi connectivity index (χ0) is 6.69. The first kappa shape index (κ1) is 6.67. The number of rotatable bonds is 1. The molecule has 0 amide bonds. The Morgan fingerprint density at radius 1 is 1.44 bits per heavy atom. The predicted molar refractivity (Wildman–Crippen MR) is 35.9 cm³/mol. The summed E-state index contributed by atoms with van der Waals surface area (Å²) in [6, 6.07) is 0. The molecule has 0 aromatic heterocycles. The quantitative estimate of drug-likeness (QED) is 0.394. The number of hydrogen-bond donors (Lipinski definition) is 0. The van der Waals surface area contributed by atoms with E-state index in [1.165, 1.54) is 5.01 Å². The minimum absolute atomic E-state index is 0.320. The third-order valence-electron chi connectivity index (χ3n) is 1.22. The molecule has 0 bridgehead atoms. The van der Waals surface area contributed by atoms with E-state index in [0.29, 0.717) is 13.1 Å². The zero-order valence-corrected chi connectivity index (χ0v) is 5.76. The van der Waals surface area contributed by atoms with Gasteiger partial charge in [-0.05, 0) is 0 Å². The van der Waals surface area contributed by atoms with Crippen molar-refractivity contribution in [3.05, 3.63) is 10.1 Å². The van der Waals surface area contributed by atoms with Gasteiger partial charge in [-0.2, -0.15) is 11.8 Å². The second-order valence-electron chi connectivity index (χ2n) is 1.80. The fourth-order valence-corrected chi connectivity index (χ4v) is 1.60. The molecule has 0 unspecified atom stereocenters. The van der Waals surface area contributed by atoms with Crippen molar-refractivity contribution < 1.29 is 5.03 Å². The van der Waals surface area contributed by atoms with Gasteiger partial charge in [0, 0.05) is 11.5 Å². The first-order chi connectivity index (χ1) is 4.30. The minimum Gasteiger partial charge on any atom is -0.235 e. The number of hydrazine groups is 1. The minimum atomic E-state index is -0.320. The molecular weight excluding hydrogens is 140 g/mol. The third-order valence-corrected chi connectivity index (χ3v) is 2.16. The maximum absolute atomic E-state index is 10.1. The predicted octanol–water partition coefficient (Wildman–Crippen LogP) is 0.227. The van der Waals surface area contributed by atoms with Crippen molar-refractivity contribution in [3.8, 4) is 0 Å². The van der Waals surface area contributed by atoms with E-state index in [4.69, 9.17) is 0 Å². The SMILES string of the molecule is O=[N+]([O-])N1CCSCC1. The van der Waals surface area contributed by atoms with E-state index in [1.807, 2.05) is 0 Å². The van der Waals surface area contributed by atoms with Crippen LogP contribution in [0.25, 0.3) is 0 Å². The van der Waals surface area contributed by atoms with E-state index in [2.05, 4.69) is 0 Å². The van der Waals surface area contributed by atoms with E-state index < -0.39 is 0 Å². The highest BCUT2D eigenvalue weighted by Gasteiger charge is 2.16. The Morgan fingerprint density at radius 3 is 2.33 bits per heavy atom. The van der Waals surface area contributed by atoms with Crippen LogP contribution in [0, 0.1) is 10.1 Å². The van der Waals surface area contributed by atoms with Crippen LogP contribution in [0.5, 0.6) is 0 Å². The molecule has 0 atom stereocenters. The summed E-state index contributed by atoms with van der Waals surface area (Å²) in [5, 5.41) is 11.0. The van der Waals surface area contributed by atoms with Gasteiger partial charge in [-0.25, -0.2) is 10.1 Å². The van der Waals surface area contributed by atoms with Crippen LogP contribution in [0.1, 0.15) is 0 Å². The summed E-state index contributed by atoms with van der Waals surface area (Å²) in [6.07, 6.45) is 0. The number of nitro groups is 1. The van der Waals surface area contributed by atoms with Gasteiger partial charge in [-0.3, -0.25) is 0 Å². The number of thioether (sulfide) groups is 1. The van der Waals surface area contributed by atoms with Crippen molar-refractivity contribution in [2.24, 2.45) is 0 Å². The molecule has 1 aliphatic rings. The van der Waals surface area contributed by atoms with Crippen LogP contribution in [0.2, 0.25) is 0 Å². The molecule has 0 saturated carbocycles. The molecule has 1 fully saturated rings. The average Bonchev–Trinajstić information content (AvgIpc) is 1.90. The summed E-state index contributed by atoms with van der Waals surface area (Å²) in [5.74, 6) is 1.78. The Morgan fingerprint density at radius 2 is 2.00 bits per heavy atom. The lowest BCUT2D eigenvalue weighted by Crippen LogP contribution is -2.37. The van der Waals surface area contributed by atoms with Gasteiger partial charge in [0.2, 0.25) is 0 Å².